The molecule has 3 aromatic rings. The van der Waals surface area contributed by atoms with E-state index in [0.29, 0.717) is 42.6 Å². The number of hydrogen-bond acceptors (Lipinski definition) is 6. The van der Waals surface area contributed by atoms with E-state index in [4.69, 9.17) is 0 Å². The molecule has 3 heterocycles. The average Bonchev–Trinajstić information content (AvgIpc) is 2.85. The quantitative estimate of drug-likeness (QED) is 0.624. The Balaban J connectivity index is 1.24. The van der Waals surface area contributed by atoms with Gasteiger partial charge in [-0.05, 0) is 42.0 Å². The Morgan fingerprint density at radius 1 is 0.938 bits per heavy atom. The van der Waals surface area contributed by atoms with Crippen molar-refractivity contribution in [3.05, 3.63) is 83.0 Å². The first-order valence-corrected chi connectivity index (χ1v) is 11.2. The first kappa shape index (κ1) is 20.3. The van der Waals surface area contributed by atoms with Gasteiger partial charge in [0.1, 0.15) is 0 Å². The molecule has 1 fully saturated rings. The van der Waals surface area contributed by atoms with Crippen molar-refractivity contribution in [2.45, 2.75) is 4.90 Å². The van der Waals surface area contributed by atoms with Crippen LogP contribution in [-0.2, 0) is 4.79 Å². The molecule has 2 amide bonds. The largest absolute Gasteiger partial charge is 0.337 e. The molecule has 8 heteroatoms. The summed E-state index contributed by atoms with van der Waals surface area (Å²) < 4.78 is 0. The van der Waals surface area contributed by atoms with Crippen LogP contribution < -0.4 is 10.2 Å². The molecule has 160 valence electrons. The molecule has 0 radical (unpaired) electrons. The van der Waals surface area contributed by atoms with Gasteiger partial charge in [0.15, 0.2) is 0 Å². The minimum absolute atomic E-state index is 0.0107. The lowest BCUT2D eigenvalue weighted by atomic mass is 10.1. The van der Waals surface area contributed by atoms with Crippen LogP contribution in [0.4, 0.5) is 11.6 Å². The number of fused-ring (bicyclic) bond motifs is 1. The maximum absolute atomic E-state index is 12.9. The first-order chi connectivity index (χ1) is 15.7. The number of nitrogens with one attached hydrogen (secondary N) is 1. The lowest BCUT2D eigenvalue weighted by Gasteiger charge is -2.34. The summed E-state index contributed by atoms with van der Waals surface area (Å²) in [5, 5.41) is 2.92. The molecule has 0 bridgehead atoms. The van der Waals surface area contributed by atoms with E-state index in [2.05, 4.69) is 20.2 Å². The zero-order chi connectivity index (χ0) is 21.9. The van der Waals surface area contributed by atoms with E-state index in [0.717, 1.165) is 16.1 Å². The molecule has 5 rings (SSSR count). The zero-order valence-corrected chi connectivity index (χ0v) is 18.1. The molecule has 1 N–H and O–H groups in total. The second kappa shape index (κ2) is 8.84. The molecule has 0 spiro atoms. The van der Waals surface area contributed by atoms with Crippen LogP contribution in [0.5, 0.6) is 0 Å². The number of thioether (sulfide) groups is 1. The molecule has 0 unspecified atom stereocenters. The third-order valence-electron chi connectivity index (χ3n) is 5.44. The van der Waals surface area contributed by atoms with Gasteiger partial charge in [0.25, 0.3) is 11.8 Å². The number of hydrogen-bond donors (Lipinski definition) is 1. The van der Waals surface area contributed by atoms with E-state index in [1.807, 2.05) is 59.5 Å². The SMILES string of the molecule is O=C1Nc2ccccc2S/C1=C/c1ccc(C(=O)N2CCN(c3ncccn3)CC2)cc1. The fourth-order valence-electron chi connectivity index (χ4n) is 3.72. The van der Waals surface area contributed by atoms with Crippen molar-refractivity contribution in [3.63, 3.8) is 0 Å². The second-order valence-electron chi connectivity index (χ2n) is 7.51. The minimum atomic E-state index is -0.117. The Kier molecular flexibility index (Phi) is 5.60. The Hall–Kier alpha value is -3.65. The zero-order valence-electron chi connectivity index (χ0n) is 17.3. The van der Waals surface area contributed by atoms with Crippen molar-refractivity contribution in [3.8, 4) is 0 Å². The van der Waals surface area contributed by atoms with Gasteiger partial charge in [-0.3, -0.25) is 9.59 Å². The molecule has 2 aromatic carbocycles. The number of aromatic nitrogens is 2. The van der Waals surface area contributed by atoms with Crippen molar-refractivity contribution < 1.29 is 9.59 Å². The fraction of sp³-hybridized carbons (Fsp3) is 0.167. The van der Waals surface area contributed by atoms with Crippen LogP contribution in [0, 0.1) is 0 Å². The monoisotopic (exact) mass is 443 g/mol. The van der Waals surface area contributed by atoms with Crippen LogP contribution in [-0.4, -0.2) is 52.9 Å². The van der Waals surface area contributed by atoms with Gasteiger partial charge in [0, 0.05) is 49.0 Å². The van der Waals surface area contributed by atoms with Crippen LogP contribution in [0.2, 0.25) is 0 Å². The highest BCUT2D eigenvalue weighted by atomic mass is 32.2. The van der Waals surface area contributed by atoms with Gasteiger partial charge < -0.3 is 15.1 Å². The van der Waals surface area contributed by atoms with Crippen molar-refractivity contribution in [1.29, 1.82) is 0 Å². The van der Waals surface area contributed by atoms with Crippen molar-refractivity contribution in [2.75, 3.05) is 36.4 Å². The molecule has 7 nitrogen and oxygen atoms in total. The molecule has 2 aliphatic heterocycles. The van der Waals surface area contributed by atoms with Gasteiger partial charge in [-0.15, -0.1) is 0 Å². The maximum Gasteiger partial charge on any atom is 0.262 e. The molecular formula is C24H21N5O2S. The summed E-state index contributed by atoms with van der Waals surface area (Å²) in [5.74, 6) is 0.592. The summed E-state index contributed by atoms with van der Waals surface area (Å²) in [7, 11) is 0. The smallest absolute Gasteiger partial charge is 0.262 e. The molecule has 0 saturated carbocycles. The number of nitrogens with zero attached hydrogens (tertiary/aromatic N) is 4. The topological polar surface area (TPSA) is 78.4 Å². The van der Waals surface area contributed by atoms with Crippen LogP contribution in [0.15, 0.2) is 76.8 Å². The number of rotatable bonds is 3. The van der Waals surface area contributed by atoms with Crippen molar-refractivity contribution in [1.82, 2.24) is 14.9 Å². The Bertz CT molecular complexity index is 1170. The average molecular weight is 444 g/mol. The Morgan fingerprint density at radius 2 is 1.66 bits per heavy atom. The Labute approximate surface area is 190 Å². The van der Waals surface area contributed by atoms with E-state index in [1.165, 1.54) is 11.8 Å². The van der Waals surface area contributed by atoms with Gasteiger partial charge in [-0.2, -0.15) is 0 Å². The van der Waals surface area contributed by atoms with E-state index in [-0.39, 0.29) is 11.8 Å². The number of anilines is 2. The normalized spacial score (nSPS) is 17.1. The number of benzene rings is 2. The first-order valence-electron chi connectivity index (χ1n) is 10.4. The van der Waals surface area contributed by atoms with Gasteiger partial charge in [-0.25, -0.2) is 9.97 Å². The Morgan fingerprint density at radius 3 is 2.41 bits per heavy atom. The summed E-state index contributed by atoms with van der Waals surface area (Å²) in [4.78, 5) is 39.5. The number of amides is 2. The van der Waals surface area contributed by atoms with Crippen LogP contribution in [0.1, 0.15) is 15.9 Å². The lowest BCUT2D eigenvalue weighted by Crippen LogP contribution is -2.49. The van der Waals surface area contributed by atoms with Crippen LogP contribution in [0.25, 0.3) is 6.08 Å². The third-order valence-corrected chi connectivity index (χ3v) is 6.54. The maximum atomic E-state index is 12.9. The molecule has 1 saturated heterocycles. The van der Waals surface area contributed by atoms with Gasteiger partial charge >= 0.3 is 0 Å². The second-order valence-corrected chi connectivity index (χ2v) is 8.59. The van der Waals surface area contributed by atoms with Crippen LogP contribution >= 0.6 is 11.8 Å². The summed E-state index contributed by atoms with van der Waals surface area (Å²) in [5.41, 5.74) is 2.35. The van der Waals surface area contributed by atoms with E-state index in [1.54, 1.807) is 18.5 Å². The number of para-hydroxylation sites is 1. The number of carbonyl (C=O) groups is 2. The molecular weight excluding hydrogens is 422 g/mol. The predicted octanol–water partition coefficient (Wildman–Crippen LogP) is 3.52. The molecule has 32 heavy (non-hydrogen) atoms. The highest BCUT2D eigenvalue weighted by Gasteiger charge is 2.24. The third kappa shape index (κ3) is 4.22. The number of piperazine rings is 1. The standard InChI is InChI=1S/C24H21N5O2S/c30-22-21(32-20-5-2-1-4-19(20)27-22)16-17-6-8-18(9-7-17)23(31)28-12-14-29(15-13-28)24-25-10-3-11-26-24/h1-11,16H,12-15H2,(H,27,30)/b21-16+. The van der Waals surface area contributed by atoms with E-state index >= 15 is 0 Å². The summed E-state index contributed by atoms with van der Waals surface area (Å²) in [6.45, 7) is 2.65. The fourth-order valence-corrected chi connectivity index (χ4v) is 4.67. The molecule has 1 aromatic heterocycles. The summed E-state index contributed by atoms with van der Waals surface area (Å²) in [6.07, 6.45) is 5.30. The molecule has 2 aliphatic rings. The van der Waals surface area contributed by atoms with Gasteiger partial charge in [-0.1, -0.05) is 36.0 Å². The van der Waals surface area contributed by atoms with E-state index in [9.17, 15) is 9.59 Å². The van der Waals surface area contributed by atoms with E-state index < -0.39 is 0 Å². The van der Waals surface area contributed by atoms with Gasteiger partial charge in [0.05, 0.1) is 10.6 Å². The highest BCUT2D eigenvalue weighted by molar-refractivity contribution is 8.04. The summed E-state index contributed by atoms with van der Waals surface area (Å²) in [6, 6.07) is 16.9. The molecule has 0 aliphatic carbocycles. The lowest BCUT2D eigenvalue weighted by molar-refractivity contribution is -0.112. The molecule has 0 atom stereocenters. The minimum Gasteiger partial charge on any atom is -0.337 e. The van der Waals surface area contributed by atoms with Crippen molar-refractivity contribution >= 4 is 41.3 Å². The van der Waals surface area contributed by atoms with Crippen molar-refractivity contribution in [2.24, 2.45) is 0 Å². The van der Waals surface area contributed by atoms with Gasteiger partial charge in [0.2, 0.25) is 5.95 Å². The summed E-state index contributed by atoms with van der Waals surface area (Å²) >= 11 is 1.45. The highest BCUT2D eigenvalue weighted by Crippen LogP contribution is 2.38. The predicted molar refractivity (Wildman–Crippen MR) is 125 cm³/mol. The number of carbonyl (C=O) groups excluding carboxylic acids is 2. The van der Waals surface area contributed by atoms with Crippen LogP contribution in [0.3, 0.4) is 0 Å².